The molecule has 0 fully saturated rings. The molecule has 0 heterocycles. The number of nitriles is 1. The topological polar surface area (TPSA) is 99.4 Å². The Morgan fingerprint density at radius 3 is 2.53 bits per heavy atom. The van der Waals surface area contributed by atoms with E-state index in [0.29, 0.717) is 11.1 Å². The molecule has 104 valence electrons. The number of benzene rings is 1. The van der Waals surface area contributed by atoms with Crippen LogP contribution in [0.4, 0.5) is 0 Å². The molecule has 1 aromatic carbocycles. The minimum absolute atomic E-state index is 0.100. The number of hydrogen-bond donors (Lipinski definition) is 2. The molecule has 2 N–H and O–H groups in total. The van der Waals surface area contributed by atoms with Crippen LogP contribution >= 0.6 is 0 Å². The second kappa shape index (κ2) is 7.21. The molecular formula is C12H16N2O4S. The van der Waals surface area contributed by atoms with Gasteiger partial charge in [0.15, 0.2) is 0 Å². The first-order chi connectivity index (χ1) is 9.00. The molecule has 1 unspecified atom stereocenters. The van der Waals surface area contributed by atoms with Gasteiger partial charge in [0, 0.05) is 7.11 Å². The third kappa shape index (κ3) is 5.36. The summed E-state index contributed by atoms with van der Waals surface area (Å²) in [7, 11) is -2.13. The summed E-state index contributed by atoms with van der Waals surface area (Å²) in [6.07, 6.45) is 0. The van der Waals surface area contributed by atoms with Gasteiger partial charge in [0.1, 0.15) is 0 Å². The van der Waals surface area contributed by atoms with E-state index < -0.39 is 16.1 Å². The zero-order chi connectivity index (χ0) is 14.3. The van der Waals surface area contributed by atoms with Gasteiger partial charge < -0.3 is 9.84 Å². The maximum absolute atomic E-state index is 11.9. The summed E-state index contributed by atoms with van der Waals surface area (Å²) in [6, 6.07) is 7.59. The summed E-state index contributed by atoms with van der Waals surface area (Å²) in [5, 5.41) is 17.7. The van der Waals surface area contributed by atoms with E-state index in [9.17, 15) is 8.42 Å². The summed E-state index contributed by atoms with van der Waals surface area (Å²) in [5.41, 5.74) is 1.04. The van der Waals surface area contributed by atoms with Crippen LogP contribution in [0.5, 0.6) is 0 Å². The number of nitrogens with one attached hydrogen (secondary N) is 1. The largest absolute Gasteiger partial charge is 0.395 e. The molecule has 0 aliphatic rings. The van der Waals surface area contributed by atoms with Crippen LogP contribution in [0.1, 0.15) is 11.1 Å². The van der Waals surface area contributed by atoms with Gasteiger partial charge in [-0.15, -0.1) is 0 Å². The number of hydrogen-bond acceptors (Lipinski definition) is 5. The average Bonchev–Trinajstić information content (AvgIpc) is 2.38. The Morgan fingerprint density at radius 1 is 1.42 bits per heavy atom. The predicted octanol–water partition coefficient (Wildman–Crippen LogP) is -0.0150. The SMILES string of the molecule is COCC(CO)NS(=O)(=O)Cc1ccc(C#N)cc1. The van der Waals surface area contributed by atoms with Gasteiger partial charge in [-0.1, -0.05) is 12.1 Å². The Bertz CT molecular complexity index is 534. The molecule has 1 rings (SSSR count). The lowest BCUT2D eigenvalue weighted by Crippen LogP contribution is -2.41. The number of aliphatic hydroxyl groups excluding tert-OH is 1. The van der Waals surface area contributed by atoms with E-state index in [1.165, 1.54) is 7.11 Å². The van der Waals surface area contributed by atoms with Crippen molar-refractivity contribution in [1.29, 1.82) is 5.26 Å². The van der Waals surface area contributed by atoms with Crippen LogP contribution in [0.3, 0.4) is 0 Å². The highest BCUT2D eigenvalue weighted by Crippen LogP contribution is 2.07. The molecular weight excluding hydrogens is 268 g/mol. The molecule has 1 aromatic rings. The molecule has 0 amide bonds. The minimum Gasteiger partial charge on any atom is -0.395 e. The number of rotatable bonds is 7. The summed E-state index contributed by atoms with van der Waals surface area (Å²) in [6.45, 7) is -0.233. The predicted molar refractivity (Wildman–Crippen MR) is 69.7 cm³/mol. The van der Waals surface area contributed by atoms with Gasteiger partial charge in [-0.05, 0) is 17.7 Å². The third-order valence-electron chi connectivity index (χ3n) is 2.37. The minimum atomic E-state index is -3.56. The summed E-state index contributed by atoms with van der Waals surface area (Å²) in [5.74, 6) is -0.209. The molecule has 0 aromatic heterocycles. The first-order valence-corrected chi connectivity index (χ1v) is 7.25. The third-order valence-corrected chi connectivity index (χ3v) is 3.78. The zero-order valence-electron chi connectivity index (χ0n) is 10.5. The van der Waals surface area contributed by atoms with Crippen molar-refractivity contribution >= 4 is 10.0 Å². The maximum Gasteiger partial charge on any atom is 0.216 e. The van der Waals surface area contributed by atoms with Crippen molar-refractivity contribution in [2.24, 2.45) is 0 Å². The molecule has 19 heavy (non-hydrogen) atoms. The van der Waals surface area contributed by atoms with E-state index in [0.717, 1.165) is 0 Å². The van der Waals surface area contributed by atoms with E-state index in [4.69, 9.17) is 15.1 Å². The fourth-order valence-corrected chi connectivity index (χ4v) is 2.88. The van der Waals surface area contributed by atoms with Gasteiger partial charge >= 0.3 is 0 Å². The number of aliphatic hydroxyl groups is 1. The first kappa shape index (κ1) is 15.6. The highest BCUT2D eigenvalue weighted by atomic mass is 32.2. The molecule has 6 nitrogen and oxygen atoms in total. The molecule has 0 aliphatic carbocycles. The van der Waals surface area contributed by atoms with Crippen molar-refractivity contribution in [2.75, 3.05) is 20.3 Å². The lowest BCUT2D eigenvalue weighted by molar-refractivity contribution is 0.139. The Kier molecular flexibility index (Phi) is 5.92. The summed E-state index contributed by atoms with van der Waals surface area (Å²) < 4.78 is 30.9. The van der Waals surface area contributed by atoms with Crippen LogP contribution in [-0.2, 0) is 20.5 Å². The second-order valence-corrected chi connectivity index (χ2v) is 5.77. The summed E-state index contributed by atoms with van der Waals surface area (Å²) in [4.78, 5) is 0. The fourth-order valence-electron chi connectivity index (χ4n) is 1.52. The van der Waals surface area contributed by atoms with Gasteiger partial charge in [-0.3, -0.25) is 0 Å². The van der Waals surface area contributed by atoms with Gasteiger partial charge in [0.2, 0.25) is 10.0 Å². The quantitative estimate of drug-likeness (QED) is 0.733. The molecule has 0 radical (unpaired) electrons. The normalized spacial score (nSPS) is 12.9. The number of methoxy groups -OCH3 is 1. The van der Waals surface area contributed by atoms with E-state index in [1.54, 1.807) is 24.3 Å². The number of sulfonamides is 1. The lowest BCUT2D eigenvalue weighted by Gasteiger charge is -2.15. The van der Waals surface area contributed by atoms with E-state index in [-0.39, 0.29) is 19.0 Å². The fraction of sp³-hybridized carbons (Fsp3) is 0.417. The zero-order valence-corrected chi connectivity index (χ0v) is 11.4. The van der Waals surface area contributed by atoms with Crippen LogP contribution in [-0.4, -0.2) is 39.9 Å². The maximum atomic E-state index is 11.9. The van der Waals surface area contributed by atoms with Crippen molar-refractivity contribution in [3.8, 4) is 6.07 Å². The van der Waals surface area contributed by atoms with Crippen molar-refractivity contribution in [3.05, 3.63) is 35.4 Å². The second-order valence-electron chi connectivity index (χ2n) is 4.02. The highest BCUT2D eigenvalue weighted by Gasteiger charge is 2.17. The van der Waals surface area contributed by atoms with Gasteiger partial charge in [0.25, 0.3) is 0 Å². The van der Waals surface area contributed by atoms with Crippen molar-refractivity contribution in [1.82, 2.24) is 4.72 Å². The van der Waals surface area contributed by atoms with Crippen molar-refractivity contribution in [3.63, 3.8) is 0 Å². The molecule has 0 spiro atoms. The molecule has 1 atom stereocenters. The Labute approximate surface area is 112 Å². The van der Waals surface area contributed by atoms with Crippen molar-refractivity contribution in [2.45, 2.75) is 11.8 Å². The average molecular weight is 284 g/mol. The lowest BCUT2D eigenvalue weighted by atomic mass is 10.2. The van der Waals surface area contributed by atoms with Crippen LogP contribution in [0.25, 0.3) is 0 Å². The highest BCUT2D eigenvalue weighted by molar-refractivity contribution is 7.88. The number of nitrogens with zero attached hydrogens (tertiary/aromatic N) is 1. The van der Waals surface area contributed by atoms with Gasteiger partial charge in [0.05, 0.1) is 36.6 Å². The monoisotopic (exact) mass is 284 g/mol. The summed E-state index contributed by atoms with van der Waals surface area (Å²) >= 11 is 0. The van der Waals surface area contributed by atoms with Crippen LogP contribution < -0.4 is 4.72 Å². The molecule has 0 saturated carbocycles. The number of ether oxygens (including phenoxy) is 1. The van der Waals surface area contributed by atoms with Crippen LogP contribution in [0.15, 0.2) is 24.3 Å². The molecule has 0 aliphatic heterocycles. The van der Waals surface area contributed by atoms with Gasteiger partial charge in [-0.2, -0.15) is 5.26 Å². The van der Waals surface area contributed by atoms with Crippen LogP contribution in [0.2, 0.25) is 0 Å². The standard InChI is InChI=1S/C12H16N2O4S/c1-18-8-12(7-15)14-19(16,17)9-11-4-2-10(6-13)3-5-11/h2-5,12,14-15H,7-9H2,1H3. The molecule has 0 saturated heterocycles. The Hall–Kier alpha value is -1.46. The van der Waals surface area contributed by atoms with Gasteiger partial charge in [-0.25, -0.2) is 13.1 Å². The smallest absolute Gasteiger partial charge is 0.216 e. The van der Waals surface area contributed by atoms with E-state index >= 15 is 0 Å². The van der Waals surface area contributed by atoms with Crippen molar-refractivity contribution < 1.29 is 18.3 Å². The first-order valence-electron chi connectivity index (χ1n) is 5.59. The molecule has 7 heteroatoms. The molecule has 0 bridgehead atoms. The van der Waals surface area contributed by atoms with E-state index in [1.807, 2.05) is 6.07 Å². The van der Waals surface area contributed by atoms with Crippen LogP contribution in [0, 0.1) is 11.3 Å². The van der Waals surface area contributed by atoms with E-state index in [2.05, 4.69) is 4.72 Å². The Balaban J connectivity index is 2.70. The Morgan fingerprint density at radius 2 is 2.05 bits per heavy atom.